The number of carbonyl (C=O) groups excluding carboxylic acids is 1. The molecular formula is C22H31N3O3. The number of carbonyl (C=O) groups is 1. The molecule has 152 valence electrons. The van der Waals surface area contributed by atoms with E-state index in [1.54, 1.807) is 7.05 Å². The maximum absolute atomic E-state index is 12.0. The zero-order valence-electron chi connectivity index (χ0n) is 16.8. The summed E-state index contributed by atoms with van der Waals surface area (Å²) in [4.78, 5) is 14.3. The van der Waals surface area contributed by atoms with E-state index in [1.165, 1.54) is 0 Å². The van der Waals surface area contributed by atoms with Gasteiger partial charge in [-0.05, 0) is 37.1 Å². The van der Waals surface area contributed by atoms with Crippen molar-refractivity contribution in [2.45, 2.75) is 38.0 Å². The number of hydrogen-bond donors (Lipinski definition) is 2. The van der Waals surface area contributed by atoms with Crippen molar-refractivity contribution in [2.75, 3.05) is 26.7 Å². The molecule has 6 heteroatoms. The van der Waals surface area contributed by atoms with Crippen LogP contribution < -0.4 is 5.32 Å². The Hall–Kier alpha value is -2.15. The molecule has 1 aliphatic rings. The van der Waals surface area contributed by atoms with Crippen LogP contribution in [0, 0.1) is 0 Å². The van der Waals surface area contributed by atoms with Gasteiger partial charge in [-0.3, -0.25) is 9.69 Å². The molecule has 2 N–H and O–H groups in total. The monoisotopic (exact) mass is 385 g/mol. The van der Waals surface area contributed by atoms with Gasteiger partial charge in [-0.25, -0.2) is 0 Å². The van der Waals surface area contributed by atoms with Crippen LogP contribution in [0.15, 0.2) is 42.5 Å². The molecule has 0 spiro atoms. The molecule has 2 aromatic rings. The van der Waals surface area contributed by atoms with Crippen molar-refractivity contribution in [2.24, 2.45) is 7.05 Å². The van der Waals surface area contributed by atoms with E-state index in [1.807, 2.05) is 54.1 Å². The first-order valence-corrected chi connectivity index (χ1v) is 10.0. The van der Waals surface area contributed by atoms with Gasteiger partial charge < -0.3 is 19.7 Å². The zero-order chi connectivity index (χ0) is 19.9. The van der Waals surface area contributed by atoms with Gasteiger partial charge >= 0.3 is 0 Å². The van der Waals surface area contributed by atoms with Crippen molar-refractivity contribution in [3.63, 3.8) is 0 Å². The molecule has 3 rings (SSSR count). The lowest BCUT2D eigenvalue weighted by molar-refractivity contribution is -0.00450. The molecule has 1 aliphatic heterocycles. The molecule has 6 nitrogen and oxygen atoms in total. The van der Waals surface area contributed by atoms with E-state index in [0.717, 1.165) is 37.1 Å². The van der Waals surface area contributed by atoms with E-state index in [-0.39, 0.29) is 11.9 Å². The number of likely N-dealkylation sites (tertiary alicyclic amines) is 1. The maximum atomic E-state index is 12.0. The summed E-state index contributed by atoms with van der Waals surface area (Å²) >= 11 is 0. The van der Waals surface area contributed by atoms with Gasteiger partial charge in [0.1, 0.15) is 5.69 Å². The molecule has 1 unspecified atom stereocenters. The number of amides is 1. The molecule has 0 aliphatic carbocycles. The summed E-state index contributed by atoms with van der Waals surface area (Å²) in [6.45, 7) is 2.34. The van der Waals surface area contributed by atoms with Crippen LogP contribution >= 0.6 is 0 Å². The van der Waals surface area contributed by atoms with Gasteiger partial charge in [-0.15, -0.1) is 0 Å². The number of piperidine rings is 1. The number of ether oxygens (including phenoxy) is 1. The number of aromatic nitrogens is 1. The minimum atomic E-state index is -0.539. The highest BCUT2D eigenvalue weighted by atomic mass is 16.5. The van der Waals surface area contributed by atoms with Crippen LogP contribution in [0.25, 0.3) is 0 Å². The summed E-state index contributed by atoms with van der Waals surface area (Å²) in [6, 6.07) is 14.1. The molecule has 1 fully saturated rings. The second-order valence-corrected chi connectivity index (χ2v) is 7.44. The summed E-state index contributed by atoms with van der Waals surface area (Å²) in [6.07, 6.45) is 2.77. The van der Waals surface area contributed by atoms with Gasteiger partial charge in [-0.1, -0.05) is 36.8 Å². The summed E-state index contributed by atoms with van der Waals surface area (Å²) in [5, 5.41) is 13.2. The highest BCUT2D eigenvalue weighted by Crippen LogP contribution is 2.31. The van der Waals surface area contributed by atoms with Crippen molar-refractivity contribution in [3.8, 4) is 0 Å². The topological polar surface area (TPSA) is 66.7 Å². The smallest absolute Gasteiger partial charge is 0.267 e. The number of benzene rings is 1. The summed E-state index contributed by atoms with van der Waals surface area (Å²) in [5.74, 6) is -0.0783. The van der Waals surface area contributed by atoms with Crippen molar-refractivity contribution >= 4 is 5.91 Å². The highest BCUT2D eigenvalue weighted by molar-refractivity contribution is 5.92. The average Bonchev–Trinajstić information content (AvgIpc) is 3.10. The molecule has 28 heavy (non-hydrogen) atoms. The van der Waals surface area contributed by atoms with Crippen LogP contribution in [-0.4, -0.2) is 53.3 Å². The lowest BCUT2D eigenvalue weighted by atomic mass is 9.99. The third-order valence-corrected chi connectivity index (χ3v) is 5.44. The quantitative estimate of drug-likeness (QED) is 0.733. The van der Waals surface area contributed by atoms with E-state index in [2.05, 4.69) is 10.2 Å². The maximum Gasteiger partial charge on any atom is 0.267 e. The van der Waals surface area contributed by atoms with Gasteiger partial charge in [0, 0.05) is 26.3 Å². The van der Waals surface area contributed by atoms with Gasteiger partial charge in [0.25, 0.3) is 5.91 Å². The Labute approximate surface area is 167 Å². The van der Waals surface area contributed by atoms with Crippen molar-refractivity contribution in [3.05, 3.63) is 59.4 Å². The van der Waals surface area contributed by atoms with Crippen LogP contribution in [0.3, 0.4) is 0 Å². The predicted molar refractivity (Wildman–Crippen MR) is 109 cm³/mol. The van der Waals surface area contributed by atoms with E-state index < -0.39 is 6.10 Å². The first kappa shape index (κ1) is 20.6. The molecule has 2 heterocycles. The molecule has 0 bridgehead atoms. The fraction of sp³-hybridized carbons (Fsp3) is 0.500. The molecule has 1 amide bonds. The predicted octanol–water partition coefficient (Wildman–Crippen LogP) is 2.49. The van der Waals surface area contributed by atoms with Gasteiger partial charge in [-0.2, -0.15) is 0 Å². The van der Waals surface area contributed by atoms with Crippen LogP contribution in [0.4, 0.5) is 0 Å². The Bertz CT molecular complexity index is 760. The number of β-amino-alcohol motifs (C(OH)–C–C–N with tert-alkyl or cyclic N) is 1. The number of hydrogen-bond acceptors (Lipinski definition) is 4. The molecule has 1 aromatic carbocycles. The zero-order valence-corrected chi connectivity index (χ0v) is 16.8. The number of rotatable bonds is 8. The number of aliphatic hydroxyl groups excluding tert-OH is 1. The lowest BCUT2D eigenvalue weighted by Gasteiger charge is -2.37. The lowest BCUT2D eigenvalue weighted by Crippen LogP contribution is -2.41. The molecule has 1 aromatic heterocycles. The van der Waals surface area contributed by atoms with Gasteiger partial charge in [0.05, 0.1) is 25.4 Å². The Morgan fingerprint density at radius 1 is 1.25 bits per heavy atom. The summed E-state index contributed by atoms with van der Waals surface area (Å²) in [5.41, 5.74) is 2.89. The molecule has 1 saturated heterocycles. The van der Waals surface area contributed by atoms with E-state index in [0.29, 0.717) is 25.5 Å². The van der Waals surface area contributed by atoms with Crippen molar-refractivity contribution < 1.29 is 14.6 Å². The highest BCUT2D eigenvalue weighted by Gasteiger charge is 2.28. The average molecular weight is 386 g/mol. The molecule has 0 radical (unpaired) electrons. The van der Waals surface area contributed by atoms with Crippen LogP contribution in [0.5, 0.6) is 0 Å². The fourth-order valence-electron chi connectivity index (χ4n) is 3.97. The summed E-state index contributed by atoms with van der Waals surface area (Å²) in [7, 11) is 3.58. The fourth-order valence-corrected chi connectivity index (χ4v) is 3.97. The second-order valence-electron chi connectivity index (χ2n) is 7.44. The van der Waals surface area contributed by atoms with Crippen LogP contribution in [-0.2, 0) is 18.4 Å². The second kappa shape index (κ2) is 9.87. The largest absolute Gasteiger partial charge is 0.389 e. The Kier molecular flexibility index (Phi) is 7.25. The molecule has 0 saturated carbocycles. The van der Waals surface area contributed by atoms with E-state index >= 15 is 0 Å². The molecule has 2 atom stereocenters. The van der Waals surface area contributed by atoms with Crippen molar-refractivity contribution in [1.29, 1.82) is 0 Å². The first-order chi connectivity index (χ1) is 13.6. The minimum Gasteiger partial charge on any atom is -0.389 e. The van der Waals surface area contributed by atoms with E-state index in [4.69, 9.17) is 4.74 Å². The van der Waals surface area contributed by atoms with Gasteiger partial charge in [0.15, 0.2) is 0 Å². The third kappa shape index (κ3) is 5.01. The van der Waals surface area contributed by atoms with Gasteiger partial charge in [0.2, 0.25) is 0 Å². The molecular weight excluding hydrogens is 354 g/mol. The Morgan fingerprint density at radius 3 is 2.79 bits per heavy atom. The third-order valence-electron chi connectivity index (χ3n) is 5.44. The normalized spacial score (nSPS) is 18.8. The standard InChI is InChI=1S/C22H31N3O3/c1-23-22(27)21-12-11-19(24(21)2)20-10-6-7-13-25(20)14-18(26)16-28-15-17-8-4-3-5-9-17/h3-5,8-9,11-12,18,20,26H,6-7,10,13-16H2,1-2H3,(H,23,27)/t18-,20?/m0/s1. The van der Waals surface area contributed by atoms with E-state index in [9.17, 15) is 9.90 Å². The Balaban J connectivity index is 1.58. The van der Waals surface area contributed by atoms with Crippen LogP contribution in [0.2, 0.25) is 0 Å². The van der Waals surface area contributed by atoms with Crippen molar-refractivity contribution in [1.82, 2.24) is 14.8 Å². The minimum absolute atomic E-state index is 0.0783. The Morgan fingerprint density at radius 2 is 2.04 bits per heavy atom. The number of nitrogens with one attached hydrogen (secondary N) is 1. The summed E-state index contributed by atoms with van der Waals surface area (Å²) < 4.78 is 7.68. The van der Waals surface area contributed by atoms with Crippen LogP contribution in [0.1, 0.15) is 47.1 Å². The SMILES string of the molecule is CNC(=O)c1ccc(C2CCCCN2C[C@H](O)COCc2ccccc2)n1C. The first-order valence-electron chi connectivity index (χ1n) is 10.0. The number of aliphatic hydroxyl groups is 1. The number of nitrogens with zero attached hydrogens (tertiary/aromatic N) is 2.